The number of hydrogen-bond donors (Lipinski definition) is 3. The molecule has 1 aliphatic rings. The average Bonchev–Trinajstić information content (AvgIpc) is 3.47. The van der Waals surface area contributed by atoms with Crippen molar-refractivity contribution in [2.45, 2.75) is 90.1 Å². The summed E-state index contributed by atoms with van der Waals surface area (Å²) in [5.41, 5.74) is 6.01. The van der Waals surface area contributed by atoms with Crippen LogP contribution in [-0.4, -0.2) is 87.1 Å². The quantitative estimate of drug-likeness (QED) is 0.298. The molecule has 0 unspecified atom stereocenters. The third kappa shape index (κ3) is 10.2. The van der Waals surface area contributed by atoms with E-state index in [-0.39, 0.29) is 19.4 Å². The number of likely N-dealkylation sites (tertiary alicyclic amines) is 1. The standard InChI is InChI=1S/C36H46N6O7/c1-35(2,3)48-33(46)41-22-26(42(30(43)20-37)34(47)49-36(4,5)6)19-29(41)32(45)40-28(17-16-23-12-8-7-9-13-23)31(44)39-25-18-24-14-10-11-15-27(24)38-21-25/h7-15,18,21,26,28-29H,16-17,19-20,22,37H2,1-6H3,(H,39,44)(H,40,45)/t26-,28-,29+/m1/s1. The predicted octanol–water partition coefficient (Wildman–Crippen LogP) is 4.39. The normalized spacial score (nSPS) is 16.8. The van der Waals surface area contributed by atoms with E-state index in [0.29, 0.717) is 12.1 Å². The lowest BCUT2D eigenvalue weighted by molar-refractivity contribution is -0.131. The van der Waals surface area contributed by atoms with E-state index in [2.05, 4.69) is 15.6 Å². The number of aryl methyl sites for hydroxylation is 1. The Kier molecular flexibility index (Phi) is 11.6. The summed E-state index contributed by atoms with van der Waals surface area (Å²) in [6, 6.07) is 15.6. The first-order valence-electron chi connectivity index (χ1n) is 16.3. The van der Waals surface area contributed by atoms with E-state index in [0.717, 1.165) is 21.4 Å². The molecule has 1 aromatic heterocycles. The number of hydrogen-bond acceptors (Lipinski definition) is 9. The van der Waals surface area contributed by atoms with E-state index in [1.165, 1.54) is 4.90 Å². The second-order valence-electron chi connectivity index (χ2n) is 14.0. The highest BCUT2D eigenvalue weighted by Crippen LogP contribution is 2.27. The van der Waals surface area contributed by atoms with E-state index in [1.807, 2.05) is 54.6 Å². The van der Waals surface area contributed by atoms with Crippen molar-refractivity contribution in [2.24, 2.45) is 5.73 Å². The number of pyridine rings is 1. The first kappa shape index (κ1) is 36.8. The lowest BCUT2D eigenvalue weighted by atomic mass is 10.0. The molecule has 0 bridgehead atoms. The van der Waals surface area contributed by atoms with Crippen molar-refractivity contribution in [3.05, 3.63) is 72.4 Å². The van der Waals surface area contributed by atoms with Gasteiger partial charge in [0.1, 0.15) is 23.3 Å². The van der Waals surface area contributed by atoms with Crippen LogP contribution in [0.3, 0.4) is 0 Å². The zero-order valence-corrected chi connectivity index (χ0v) is 28.9. The van der Waals surface area contributed by atoms with Crippen LogP contribution >= 0.6 is 0 Å². The van der Waals surface area contributed by atoms with E-state index in [9.17, 15) is 24.0 Å². The third-order valence-electron chi connectivity index (χ3n) is 7.66. The third-order valence-corrected chi connectivity index (χ3v) is 7.66. The van der Waals surface area contributed by atoms with Gasteiger partial charge in [-0.05, 0) is 78.5 Å². The Morgan fingerprint density at radius 3 is 2.27 bits per heavy atom. The van der Waals surface area contributed by atoms with Crippen molar-refractivity contribution in [1.29, 1.82) is 0 Å². The van der Waals surface area contributed by atoms with Gasteiger partial charge in [-0.25, -0.2) is 14.5 Å². The van der Waals surface area contributed by atoms with E-state index in [1.54, 1.807) is 53.8 Å². The lowest BCUT2D eigenvalue weighted by Gasteiger charge is -2.30. The maximum atomic E-state index is 14.1. The maximum absolute atomic E-state index is 14.1. The van der Waals surface area contributed by atoms with E-state index < -0.39 is 65.8 Å². The van der Waals surface area contributed by atoms with Gasteiger partial charge < -0.3 is 25.8 Å². The minimum Gasteiger partial charge on any atom is -0.444 e. The minimum absolute atomic E-state index is 0.127. The van der Waals surface area contributed by atoms with Crippen molar-refractivity contribution >= 4 is 46.5 Å². The largest absolute Gasteiger partial charge is 0.444 e. The number of carbonyl (C=O) groups is 5. The number of rotatable bonds is 9. The number of amides is 5. The molecule has 49 heavy (non-hydrogen) atoms. The van der Waals surface area contributed by atoms with Crippen LogP contribution in [0.2, 0.25) is 0 Å². The second kappa shape index (κ2) is 15.5. The summed E-state index contributed by atoms with van der Waals surface area (Å²) in [6.07, 6.45) is 0.366. The Balaban J connectivity index is 1.62. The van der Waals surface area contributed by atoms with Crippen LogP contribution in [0.1, 0.15) is 59.9 Å². The summed E-state index contributed by atoms with van der Waals surface area (Å²) in [6.45, 7) is 9.32. The molecule has 3 atom stereocenters. The molecule has 262 valence electrons. The van der Waals surface area contributed by atoms with Crippen molar-refractivity contribution in [3.8, 4) is 0 Å². The van der Waals surface area contributed by atoms with Gasteiger partial charge >= 0.3 is 12.2 Å². The first-order chi connectivity index (χ1) is 23.0. The van der Waals surface area contributed by atoms with Crippen molar-refractivity contribution in [3.63, 3.8) is 0 Å². The molecule has 0 saturated carbocycles. The lowest BCUT2D eigenvalue weighted by Crippen LogP contribution is -2.52. The summed E-state index contributed by atoms with van der Waals surface area (Å²) in [4.78, 5) is 73.9. The molecule has 2 heterocycles. The fraction of sp³-hybridized carbons (Fsp3) is 0.444. The predicted molar refractivity (Wildman–Crippen MR) is 184 cm³/mol. The van der Waals surface area contributed by atoms with E-state index in [4.69, 9.17) is 15.2 Å². The molecular weight excluding hydrogens is 628 g/mol. The van der Waals surface area contributed by atoms with Gasteiger partial charge in [0, 0.05) is 11.9 Å². The molecule has 0 radical (unpaired) electrons. The smallest absolute Gasteiger partial charge is 0.417 e. The molecule has 13 nitrogen and oxygen atoms in total. The fourth-order valence-electron chi connectivity index (χ4n) is 5.50. The Labute approximate surface area is 286 Å². The molecule has 1 fully saturated rings. The van der Waals surface area contributed by atoms with Crippen LogP contribution < -0.4 is 16.4 Å². The SMILES string of the molecule is CC(C)(C)OC(=O)N1C[C@H](N(C(=O)CN)C(=O)OC(C)(C)C)C[C@H]1C(=O)N[C@H](CCc1ccccc1)C(=O)Nc1cnc2ccccc2c1. The molecule has 5 amide bonds. The number of anilines is 1. The van der Waals surface area contributed by atoms with Crippen LogP contribution in [0.25, 0.3) is 10.9 Å². The number of nitrogens with two attached hydrogens (primary N) is 1. The van der Waals surface area contributed by atoms with Crippen LogP contribution in [0.4, 0.5) is 15.3 Å². The van der Waals surface area contributed by atoms with Gasteiger partial charge in [0.25, 0.3) is 0 Å². The Morgan fingerprint density at radius 1 is 0.959 bits per heavy atom. The number of para-hydroxylation sites is 1. The minimum atomic E-state index is -1.19. The van der Waals surface area contributed by atoms with Crippen molar-refractivity contribution in [2.75, 3.05) is 18.4 Å². The first-order valence-corrected chi connectivity index (χ1v) is 16.3. The highest BCUT2D eigenvalue weighted by atomic mass is 16.6. The molecule has 1 aliphatic heterocycles. The second-order valence-corrected chi connectivity index (χ2v) is 14.0. The van der Waals surface area contributed by atoms with Crippen molar-refractivity contribution in [1.82, 2.24) is 20.1 Å². The summed E-state index contributed by atoms with van der Waals surface area (Å²) >= 11 is 0. The van der Waals surface area contributed by atoms with Crippen LogP contribution in [-0.2, 0) is 30.3 Å². The molecule has 2 aromatic carbocycles. The number of aromatic nitrogens is 1. The fourth-order valence-corrected chi connectivity index (χ4v) is 5.50. The Hall–Kier alpha value is -5.04. The van der Waals surface area contributed by atoms with Gasteiger partial charge in [-0.3, -0.25) is 24.3 Å². The summed E-state index contributed by atoms with van der Waals surface area (Å²) in [5.74, 6) is -1.86. The molecule has 4 N–H and O–H groups in total. The van der Waals surface area contributed by atoms with Gasteiger partial charge in [-0.2, -0.15) is 0 Å². The number of nitrogens with one attached hydrogen (secondary N) is 2. The molecule has 0 aliphatic carbocycles. The van der Waals surface area contributed by atoms with Gasteiger partial charge in [-0.1, -0.05) is 48.5 Å². The number of carbonyl (C=O) groups excluding carboxylic acids is 5. The van der Waals surface area contributed by atoms with Crippen LogP contribution in [0.15, 0.2) is 66.9 Å². The highest BCUT2D eigenvalue weighted by molar-refractivity contribution is 5.99. The molecular formula is C36H46N6O7. The zero-order chi connectivity index (χ0) is 35.9. The number of nitrogens with zero attached hydrogens (tertiary/aromatic N) is 3. The van der Waals surface area contributed by atoms with Crippen molar-refractivity contribution < 1.29 is 33.4 Å². The highest BCUT2D eigenvalue weighted by Gasteiger charge is 2.47. The van der Waals surface area contributed by atoms with Gasteiger partial charge in [0.2, 0.25) is 17.7 Å². The number of ether oxygens (including phenoxy) is 2. The van der Waals surface area contributed by atoms with E-state index >= 15 is 0 Å². The molecule has 0 spiro atoms. The summed E-state index contributed by atoms with van der Waals surface area (Å²) in [5, 5.41) is 6.54. The number of imide groups is 1. The Morgan fingerprint density at radius 2 is 1.61 bits per heavy atom. The molecule has 1 saturated heterocycles. The van der Waals surface area contributed by atoms with Gasteiger partial charge in [0.15, 0.2) is 0 Å². The van der Waals surface area contributed by atoms with Gasteiger partial charge in [-0.15, -0.1) is 0 Å². The molecule has 13 heteroatoms. The summed E-state index contributed by atoms with van der Waals surface area (Å²) < 4.78 is 11.1. The van der Waals surface area contributed by atoms with Gasteiger partial charge in [0.05, 0.1) is 30.0 Å². The number of benzene rings is 2. The van der Waals surface area contributed by atoms with Crippen LogP contribution in [0, 0.1) is 0 Å². The topological polar surface area (TPSA) is 173 Å². The summed E-state index contributed by atoms with van der Waals surface area (Å²) in [7, 11) is 0. The average molecular weight is 675 g/mol. The number of fused-ring (bicyclic) bond motifs is 1. The van der Waals surface area contributed by atoms with Crippen LogP contribution in [0.5, 0.6) is 0 Å². The maximum Gasteiger partial charge on any atom is 0.417 e. The zero-order valence-electron chi connectivity index (χ0n) is 28.9. The molecule has 4 rings (SSSR count). The monoisotopic (exact) mass is 674 g/mol. The Bertz CT molecular complexity index is 1670. The molecule has 3 aromatic rings.